The topological polar surface area (TPSA) is 26.0 Å². The Morgan fingerprint density at radius 3 is 2.40 bits per heavy atom. The Balaban J connectivity index is 2.97. The zero-order valence-electron chi connectivity index (χ0n) is 8.51. The van der Waals surface area contributed by atoms with Gasteiger partial charge in [0.1, 0.15) is 0 Å². The molecule has 0 aromatic heterocycles. The predicted octanol–water partition coefficient (Wildman–Crippen LogP) is 2.84. The molecule has 0 fully saturated rings. The van der Waals surface area contributed by atoms with Crippen LogP contribution in [-0.4, -0.2) is 6.54 Å². The molecule has 2 N–H and O–H groups in total. The maximum absolute atomic E-state index is 12.6. The van der Waals surface area contributed by atoms with Crippen molar-refractivity contribution in [2.45, 2.75) is 19.5 Å². The van der Waals surface area contributed by atoms with Gasteiger partial charge in [-0.15, -0.1) is 0 Å². The van der Waals surface area contributed by atoms with Gasteiger partial charge in [0.25, 0.3) is 0 Å². The number of alkyl halides is 3. The van der Waals surface area contributed by atoms with Crippen LogP contribution in [0.4, 0.5) is 13.2 Å². The molecule has 0 bridgehead atoms. The Morgan fingerprint density at radius 1 is 1.27 bits per heavy atom. The summed E-state index contributed by atoms with van der Waals surface area (Å²) in [5.74, 6) is 0.0634. The molecule has 0 aliphatic rings. The van der Waals surface area contributed by atoms with Crippen LogP contribution in [0.3, 0.4) is 0 Å². The van der Waals surface area contributed by atoms with Crippen LogP contribution < -0.4 is 5.73 Å². The molecule has 84 valence electrons. The van der Waals surface area contributed by atoms with Gasteiger partial charge >= 0.3 is 6.18 Å². The summed E-state index contributed by atoms with van der Waals surface area (Å²) in [7, 11) is 0. The van der Waals surface area contributed by atoms with E-state index < -0.39 is 11.7 Å². The lowest BCUT2D eigenvalue weighted by Gasteiger charge is -2.15. The summed E-state index contributed by atoms with van der Waals surface area (Å²) in [4.78, 5) is 0. The average molecular weight is 217 g/mol. The second-order valence-electron chi connectivity index (χ2n) is 3.70. The molecule has 0 unspecified atom stereocenters. The average Bonchev–Trinajstić information content (AvgIpc) is 2.17. The van der Waals surface area contributed by atoms with Gasteiger partial charge in [0.05, 0.1) is 5.56 Å². The molecular weight excluding hydrogens is 203 g/mol. The van der Waals surface area contributed by atoms with E-state index in [2.05, 4.69) is 0 Å². The van der Waals surface area contributed by atoms with E-state index in [0.717, 1.165) is 6.07 Å². The van der Waals surface area contributed by atoms with Crippen molar-refractivity contribution in [1.82, 2.24) is 0 Å². The third-order valence-corrected chi connectivity index (χ3v) is 2.29. The zero-order chi connectivity index (χ0) is 11.5. The summed E-state index contributed by atoms with van der Waals surface area (Å²) in [6, 6.07) is 5.64. The molecule has 0 heterocycles. The first-order valence-electron chi connectivity index (χ1n) is 4.80. The first-order chi connectivity index (χ1) is 6.95. The van der Waals surface area contributed by atoms with Crippen LogP contribution in [0.25, 0.3) is 0 Å². The van der Waals surface area contributed by atoms with Crippen molar-refractivity contribution in [2.75, 3.05) is 6.54 Å². The zero-order valence-corrected chi connectivity index (χ0v) is 8.51. The third kappa shape index (κ3) is 3.23. The normalized spacial score (nSPS) is 13.9. The first kappa shape index (κ1) is 12.0. The molecule has 0 radical (unpaired) electrons. The second-order valence-corrected chi connectivity index (χ2v) is 3.70. The molecule has 1 nitrogen and oxygen atoms in total. The van der Waals surface area contributed by atoms with Crippen molar-refractivity contribution in [2.24, 2.45) is 11.7 Å². The summed E-state index contributed by atoms with van der Waals surface area (Å²) >= 11 is 0. The number of benzene rings is 1. The van der Waals surface area contributed by atoms with Crippen molar-refractivity contribution >= 4 is 0 Å². The van der Waals surface area contributed by atoms with Crippen LogP contribution in [0.5, 0.6) is 0 Å². The van der Waals surface area contributed by atoms with E-state index in [1.54, 1.807) is 6.07 Å². The van der Waals surface area contributed by atoms with E-state index in [1.165, 1.54) is 12.1 Å². The van der Waals surface area contributed by atoms with Gasteiger partial charge in [-0.2, -0.15) is 13.2 Å². The van der Waals surface area contributed by atoms with Gasteiger partial charge in [0.15, 0.2) is 0 Å². The van der Waals surface area contributed by atoms with Gasteiger partial charge < -0.3 is 5.73 Å². The fourth-order valence-corrected chi connectivity index (χ4v) is 1.43. The van der Waals surface area contributed by atoms with Crippen LogP contribution >= 0.6 is 0 Å². The Hall–Kier alpha value is -1.03. The molecule has 1 aromatic carbocycles. The summed E-state index contributed by atoms with van der Waals surface area (Å²) in [5, 5.41) is 0. The summed E-state index contributed by atoms with van der Waals surface area (Å²) in [6.07, 6.45) is -3.91. The second kappa shape index (κ2) is 4.66. The highest BCUT2D eigenvalue weighted by molar-refractivity contribution is 5.29. The van der Waals surface area contributed by atoms with E-state index in [1.807, 2.05) is 6.92 Å². The highest BCUT2D eigenvalue weighted by Gasteiger charge is 2.32. The lowest BCUT2D eigenvalue weighted by atomic mass is 9.97. The first-order valence-corrected chi connectivity index (χ1v) is 4.80. The summed E-state index contributed by atoms with van der Waals surface area (Å²) in [5.41, 5.74) is 5.17. The molecule has 1 rings (SSSR count). The largest absolute Gasteiger partial charge is 0.416 e. The number of hydrogen-bond acceptors (Lipinski definition) is 1. The number of hydrogen-bond donors (Lipinski definition) is 1. The molecule has 0 spiro atoms. The van der Waals surface area contributed by atoms with E-state index in [-0.39, 0.29) is 5.92 Å². The van der Waals surface area contributed by atoms with E-state index >= 15 is 0 Å². The standard InChI is InChI=1S/C11H14F3N/c1-8(7-15)6-9-4-2-3-5-10(9)11(12,13)14/h2-5,8H,6-7,15H2,1H3/t8-/m1/s1. The van der Waals surface area contributed by atoms with Gasteiger partial charge in [-0.05, 0) is 30.5 Å². The van der Waals surface area contributed by atoms with Crippen LogP contribution in [0, 0.1) is 5.92 Å². The molecule has 0 aliphatic heterocycles. The summed E-state index contributed by atoms with van der Waals surface area (Å²) in [6.45, 7) is 2.24. The van der Waals surface area contributed by atoms with Crippen molar-refractivity contribution in [1.29, 1.82) is 0 Å². The minimum atomic E-state index is -4.27. The predicted molar refractivity (Wildman–Crippen MR) is 53.4 cm³/mol. The van der Waals surface area contributed by atoms with E-state index in [9.17, 15) is 13.2 Å². The minimum Gasteiger partial charge on any atom is -0.330 e. The molecule has 0 aliphatic carbocycles. The Morgan fingerprint density at radius 2 is 1.87 bits per heavy atom. The lowest BCUT2D eigenvalue weighted by Crippen LogP contribution is -2.16. The molecule has 0 amide bonds. The molecule has 4 heteroatoms. The lowest BCUT2D eigenvalue weighted by molar-refractivity contribution is -0.138. The molecule has 15 heavy (non-hydrogen) atoms. The monoisotopic (exact) mass is 217 g/mol. The maximum Gasteiger partial charge on any atom is 0.416 e. The molecule has 0 saturated heterocycles. The van der Waals surface area contributed by atoms with Crippen molar-refractivity contribution in [3.8, 4) is 0 Å². The van der Waals surface area contributed by atoms with Crippen LogP contribution in [-0.2, 0) is 12.6 Å². The fourth-order valence-electron chi connectivity index (χ4n) is 1.43. The van der Waals surface area contributed by atoms with Crippen molar-refractivity contribution < 1.29 is 13.2 Å². The van der Waals surface area contributed by atoms with Gasteiger partial charge in [0.2, 0.25) is 0 Å². The van der Waals surface area contributed by atoms with Crippen molar-refractivity contribution in [3.63, 3.8) is 0 Å². The Kier molecular flexibility index (Phi) is 3.74. The van der Waals surface area contributed by atoms with Gasteiger partial charge in [0, 0.05) is 0 Å². The summed E-state index contributed by atoms with van der Waals surface area (Å²) < 4.78 is 37.7. The van der Waals surface area contributed by atoms with Crippen molar-refractivity contribution in [3.05, 3.63) is 35.4 Å². The van der Waals surface area contributed by atoms with Crippen LogP contribution in [0.2, 0.25) is 0 Å². The molecule has 0 saturated carbocycles. The highest BCUT2D eigenvalue weighted by atomic mass is 19.4. The number of nitrogens with two attached hydrogens (primary N) is 1. The van der Waals surface area contributed by atoms with Crippen LogP contribution in [0.1, 0.15) is 18.1 Å². The van der Waals surface area contributed by atoms with Gasteiger partial charge in [-0.1, -0.05) is 25.1 Å². The number of halogens is 3. The number of rotatable bonds is 3. The van der Waals surface area contributed by atoms with E-state index in [0.29, 0.717) is 18.5 Å². The molecule has 1 atom stereocenters. The smallest absolute Gasteiger partial charge is 0.330 e. The van der Waals surface area contributed by atoms with Crippen LogP contribution in [0.15, 0.2) is 24.3 Å². The van der Waals surface area contributed by atoms with Gasteiger partial charge in [-0.25, -0.2) is 0 Å². The maximum atomic E-state index is 12.6. The fraction of sp³-hybridized carbons (Fsp3) is 0.455. The molecule has 1 aromatic rings. The van der Waals surface area contributed by atoms with E-state index in [4.69, 9.17) is 5.73 Å². The third-order valence-electron chi connectivity index (χ3n) is 2.29. The molecular formula is C11H14F3N. The Bertz CT molecular complexity index is 320. The SMILES string of the molecule is C[C@@H](CN)Cc1ccccc1C(F)(F)F. The quantitative estimate of drug-likeness (QED) is 0.827. The Labute approximate surface area is 87.1 Å². The van der Waals surface area contributed by atoms with Gasteiger partial charge in [-0.3, -0.25) is 0 Å². The highest BCUT2D eigenvalue weighted by Crippen LogP contribution is 2.32. The minimum absolute atomic E-state index is 0.0634.